The van der Waals surface area contributed by atoms with Gasteiger partial charge >= 0.3 is 0 Å². The highest BCUT2D eigenvalue weighted by Gasteiger charge is 2.20. The van der Waals surface area contributed by atoms with Crippen molar-refractivity contribution in [2.45, 2.75) is 50.1 Å². The van der Waals surface area contributed by atoms with Gasteiger partial charge in [0.25, 0.3) is 0 Å². The fourth-order valence-electron chi connectivity index (χ4n) is 3.73. The van der Waals surface area contributed by atoms with Crippen LogP contribution in [-0.4, -0.2) is 72.3 Å². The predicted octanol–water partition coefficient (Wildman–Crippen LogP) is 2.16. The molecule has 10 heteroatoms. The summed E-state index contributed by atoms with van der Waals surface area (Å²) < 4.78 is 32.2. The summed E-state index contributed by atoms with van der Waals surface area (Å²) in [5.41, 5.74) is 0.870. The van der Waals surface area contributed by atoms with Gasteiger partial charge in [0.2, 0.25) is 10.0 Å². The summed E-state index contributed by atoms with van der Waals surface area (Å²) in [6.45, 7) is 6.33. The molecule has 1 fully saturated rings. The number of halogens is 1. The van der Waals surface area contributed by atoms with Crippen LogP contribution >= 0.6 is 24.0 Å². The highest BCUT2D eigenvalue weighted by atomic mass is 127. The molecule has 0 aromatic heterocycles. The van der Waals surface area contributed by atoms with Crippen LogP contribution in [0.2, 0.25) is 0 Å². The van der Waals surface area contributed by atoms with Crippen molar-refractivity contribution in [2.75, 3.05) is 46.9 Å². The quantitative estimate of drug-likeness (QED) is 0.164. The smallest absolute Gasteiger partial charge is 0.240 e. The minimum Gasteiger partial charge on any atom is -0.383 e. The van der Waals surface area contributed by atoms with E-state index in [4.69, 9.17) is 4.74 Å². The fourth-order valence-corrected chi connectivity index (χ4v) is 4.81. The Balaban J connectivity index is 0.00000480. The zero-order valence-corrected chi connectivity index (χ0v) is 22.0. The Morgan fingerprint density at radius 1 is 1.26 bits per heavy atom. The van der Waals surface area contributed by atoms with Gasteiger partial charge in [-0.05, 0) is 43.5 Å². The molecule has 0 amide bonds. The fraction of sp³-hybridized carbons (Fsp3) is 0.667. The van der Waals surface area contributed by atoms with E-state index in [1.165, 1.54) is 39.3 Å². The molecule has 1 aromatic carbocycles. The molecule has 0 aliphatic carbocycles. The van der Waals surface area contributed by atoms with Crippen LogP contribution in [0.1, 0.15) is 38.2 Å². The normalized spacial score (nSPS) is 17.8. The van der Waals surface area contributed by atoms with Crippen LogP contribution in [0.15, 0.2) is 34.2 Å². The molecule has 8 nitrogen and oxygen atoms in total. The van der Waals surface area contributed by atoms with Gasteiger partial charge in [0.05, 0.1) is 11.5 Å². The third-order valence-corrected chi connectivity index (χ3v) is 6.86. The Hall–Kier alpha value is -0.950. The number of methoxy groups -OCH3 is 1. The molecule has 1 aliphatic heterocycles. The molecule has 0 saturated carbocycles. The van der Waals surface area contributed by atoms with Crippen molar-refractivity contribution in [3.8, 4) is 0 Å². The molecular weight excluding hydrogens is 529 g/mol. The molecule has 1 atom stereocenters. The molecule has 1 aromatic rings. The monoisotopic (exact) mass is 567 g/mol. The molecule has 2 rings (SSSR count). The molecular formula is C21H38IN5O3S. The van der Waals surface area contributed by atoms with Crippen molar-refractivity contribution in [3.05, 3.63) is 29.8 Å². The largest absolute Gasteiger partial charge is 0.383 e. The number of nitrogens with zero attached hydrogens (tertiary/aromatic N) is 2. The highest BCUT2D eigenvalue weighted by molar-refractivity contribution is 14.0. The first kappa shape index (κ1) is 28.1. The second-order valence-electron chi connectivity index (χ2n) is 7.48. The van der Waals surface area contributed by atoms with Crippen molar-refractivity contribution in [3.63, 3.8) is 0 Å². The highest BCUT2D eigenvalue weighted by Crippen LogP contribution is 2.18. The average molecular weight is 568 g/mol. The lowest BCUT2D eigenvalue weighted by atomic mass is 10.0. The van der Waals surface area contributed by atoms with Gasteiger partial charge in [0.15, 0.2) is 5.96 Å². The first-order chi connectivity index (χ1) is 14.5. The van der Waals surface area contributed by atoms with E-state index in [9.17, 15) is 8.42 Å². The summed E-state index contributed by atoms with van der Waals surface area (Å²) in [4.78, 5) is 7.09. The minimum absolute atomic E-state index is 0. The molecule has 1 unspecified atom stereocenters. The summed E-state index contributed by atoms with van der Waals surface area (Å²) in [7, 11) is -0.263. The van der Waals surface area contributed by atoms with E-state index < -0.39 is 10.0 Å². The number of ether oxygens (including phenoxy) is 1. The van der Waals surface area contributed by atoms with E-state index in [0.29, 0.717) is 25.2 Å². The summed E-state index contributed by atoms with van der Waals surface area (Å²) in [5, 5.41) is 6.63. The Morgan fingerprint density at radius 3 is 2.77 bits per heavy atom. The van der Waals surface area contributed by atoms with Crippen molar-refractivity contribution in [1.29, 1.82) is 0 Å². The number of hydrogen-bond donors (Lipinski definition) is 3. The lowest BCUT2D eigenvalue weighted by molar-refractivity contribution is 0.147. The Labute approximate surface area is 204 Å². The van der Waals surface area contributed by atoms with Crippen molar-refractivity contribution in [1.82, 2.24) is 20.3 Å². The molecule has 31 heavy (non-hydrogen) atoms. The van der Waals surface area contributed by atoms with Crippen LogP contribution in [-0.2, 0) is 21.3 Å². The van der Waals surface area contributed by atoms with Crippen molar-refractivity contribution in [2.24, 2.45) is 4.99 Å². The second-order valence-corrected chi connectivity index (χ2v) is 9.25. The second kappa shape index (κ2) is 15.0. The zero-order chi connectivity index (χ0) is 21.8. The number of guanidine groups is 1. The summed E-state index contributed by atoms with van der Waals surface area (Å²) >= 11 is 0. The van der Waals surface area contributed by atoms with Crippen LogP contribution in [0, 0.1) is 0 Å². The van der Waals surface area contributed by atoms with E-state index in [2.05, 4.69) is 32.2 Å². The van der Waals surface area contributed by atoms with Gasteiger partial charge in [-0.15, -0.1) is 24.0 Å². The van der Waals surface area contributed by atoms with Gasteiger partial charge < -0.3 is 15.4 Å². The van der Waals surface area contributed by atoms with Gasteiger partial charge in [-0.25, -0.2) is 13.1 Å². The Kier molecular flexibility index (Phi) is 13.6. The number of aliphatic imine (C=N–C) groups is 1. The summed E-state index contributed by atoms with van der Waals surface area (Å²) in [6.07, 6.45) is 5.11. The van der Waals surface area contributed by atoms with Gasteiger partial charge in [0, 0.05) is 46.4 Å². The maximum absolute atomic E-state index is 12.4. The number of nitrogens with one attached hydrogen (secondary N) is 3. The number of piperidine rings is 1. The molecule has 0 bridgehead atoms. The molecule has 1 aliphatic rings. The van der Waals surface area contributed by atoms with Gasteiger partial charge in [0.1, 0.15) is 0 Å². The van der Waals surface area contributed by atoms with Crippen LogP contribution < -0.4 is 15.4 Å². The van der Waals surface area contributed by atoms with Crippen LogP contribution in [0.4, 0.5) is 0 Å². The molecule has 0 spiro atoms. The Bertz CT molecular complexity index is 776. The van der Waals surface area contributed by atoms with E-state index in [0.717, 1.165) is 18.7 Å². The van der Waals surface area contributed by atoms with Gasteiger partial charge in [-0.1, -0.05) is 25.5 Å². The Morgan fingerprint density at radius 2 is 2.06 bits per heavy atom. The molecule has 1 heterocycles. The van der Waals surface area contributed by atoms with E-state index in [1.807, 2.05) is 6.07 Å². The van der Waals surface area contributed by atoms with E-state index in [1.54, 1.807) is 25.2 Å². The van der Waals surface area contributed by atoms with Crippen molar-refractivity contribution < 1.29 is 13.2 Å². The number of likely N-dealkylation sites (tertiary alicyclic amines) is 1. The topological polar surface area (TPSA) is 95.1 Å². The third-order valence-electron chi connectivity index (χ3n) is 5.40. The summed E-state index contributed by atoms with van der Waals surface area (Å²) in [6, 6.07) is 7.61. The molecule has 0 radical (unpaired) electrons. The predicted molar refractivity (Wildman–Crippen MR) is 137 cm³/mol. The lowest BCUT2D eigenvalue weighted by Gasteiger charge is -2.35. The van der Waals surface area contributed by atoms with Crippen molar-refractivity contribution >= 4 is 40.0 Å². The van der Waals surface area contributed by atoms with Crippen LogP contribution in [0.5, 0.6) is 0 Å². The number of sulfonamides is 1. The first-order valence-electron chi connectivity index (χ1n) is 10.8. The average Bonchev–Trinajstić information content (AvgIpc) is 2.76. The number of benzene rings is 1. The van der Waals surface area contributed by atoms with E-state index >= 15 is 0 Å². The van der Waals surface area contributed by atoms with Crippen LogP contribution in [0.3, 0.4) is 0 Å². The van der Waals surface area contributed by atoms with Gasteiger partial charge in [-0.2, -0.15) is 0 Å². The zero-order valence-electron chi connectivity index (χ0n) is 18.9. The standard InChI is InChI=1S/C21H37N5O3S.HI/c1-4-19-9-5-6-13-26(19)14-11-23-21(22-2)24-17-18-8-7-10-20(16-18)30(27,28)25-12-15-29-3;/h7-8,10,16,19,25H,4-6,9,11-15,17H2,1-3H3,(H2,22,23,24);1H. The molecule has 1 saturated heterocycles. The van der Waals surface area contributed by atoms with E-state index in [-0.39, 0.29) is 35.4 Å². The maximum atomic E-state index is 12.4. The van der Waals surface area contributed by atoms with Crippen LogP contribution in [0.25, 0.3) is 0 Å². The SMILES string of the molecule is CCC1CCCCN1CCNC(=NC)NCc1cccc(S(=O)(=O)NCCOC)c1.I. The number of hydrogen-bond acceptors (Lipinski definition) is 5. The van der Waals surface area contributed by atoms with Gasteiger partial charge in [-0.3, -0.25) is 9.89 Å². The summed E-state index contributed by atoms with van der Waals surface area (Å²) in [5.74, 6) is 0.714. The minimum atomic E-state index is -3.54. The maximum Gasteiger partial charge on any atom is 0.240 e. The third kappa shape index (κ3) is 9.60. The number of rotatable bonds is 11. The molecule has 178 valence electrons. The molecule has 3 N–H and O–H groups in total. The lowest BCUT2D eigenvalue weighted by Crippen LogP contribution is -2.45. The first-order valence-corrected chi connectivity index (χ1v) is 12.2.